The average Bonchev–Trinajstić information content (AvgIpc) is 2.14. The Kier molecular flexibility index (Phi) is 4.40. The lowest BCUT2D eigenvalue weighted by atomic mass is 10.1. The van der Waals surface area contributed by atoms with Crippen molar-refractivity contribution in [2.24, 2.45) is 5.73 Å². The second-order valence-electron chi connectivity index (χ2n) is 4.97. The minimum atomic E-state index is -0.498. The van der Waals surface area contributed by atoms with E-state index in [1.807, 2.05) is 43.4 Å². The van der Waals surface area contributed by atoms with Crippen LogP contribution in [0.15, 0.2) is 11.3 Å². The molecule has 0 saturated heterocycles. The maximum Gasteiger partial charge on any atom is 0.410 e. The summed E-state index contributed by atoms with van der Waals surface area (Å²) in [6, 6.07) is 0. The van der Waals surface area contributed by atoms with Crippen LogP contribution in [0.4, 0.5) is 4.79 Å². The smallest absolute Gasteiger partial charge is 0.410 e. The van der Waals surface area contributed by atoms with Crippen molar-refractivity contribution < 1.29 is 9.53 Å². The summed E-state index contributed by atoms with van der Waals surface area (Å²) in [5.41, 5.74) is 6.75. The van der Waals surface area contributed by atoms with Crippen LogP contribution in [-0.2, 0) is 4.74 Å². The first kappa shape index (κ1) is 14.3. The molecule has 1 amide bonds. The van der Waals surface area contributed by atoms with Gasteiger partial charge >= 0.3 is 6.09 Å². The Bertz CT molecular complexity index is 371. The second-order valence-corrected chi connectivity index (χ2v) is 6.05. The fourth-order valence-corrected chi connectivity index (χ4v) is 1.99. The zero-order valence-electron chi connectivity index (χ0n) is 10.3. The van der Waals surface area contributed by atoms with E-state index in [-0.39, 0.29) is 6.09 Å². The molecule has 0 aliphatic carbocycles. The summed E-state index contributed by atoms with van der Waals surface area (Å²) < 4.78 is 5.67. The third kappa shape index (κ3) is 4.18. The molecule has 0 fully saturated rings. The first-order valence-corrected chi connectivity index (χ1v) is 6.48. The highest BCUT2D eigenvalue weighted by Crippen LogP contribution is 2.20. The van der Waals surface area contributed by atoms with Gasteiger partial charge in [-0.05, 0) is 43.4 Å². The van der Waals surface area contributed by atoms with E-state index in [0.29, 0.717) is 28.9 Å². The molecule has 0 aromatic carbocycles. The van der Waals surface area contributed by atoms with Crippen LogP contribution in [0.1, 0.15) is 27.2 Å². The molecule has 0 unspecified atom stereocenters. The second kappa shape index (κ2) is 5.24. The topological polar surface area (TPSA) is 79.4 Å². The number of nitrogens with one attached hydrogen (secondary N) is 1. The molecule has 5 nitrogen and oxygen atoms in total. The van der Waals surface area contributed by atoms with Crippen molar-refractivity contribution in [2.75, 3.05) is 13.1 Å². The van der Waals surface area contributed by atoms with Crippen LogP contribution in [0.25, 0.3) is 0 Å². The molecule has 1 aliphatic heterocycles. The number of nitrogens with zero attached hydrogens (tertiary/aromatic N) is 1. The lowest BCUT2D eigenvalue weighted by Gasteiger charge is -2.31. The van der Waals surface area contributed by atoms with Crippen molar-refractivity contribution >= 4 is 32.4 Å². The van der Waals surface area contributed by atoms with Gasteiger partial charge in [-0.25, -0.2) is 4.79 Å². The Morgan fingerprint density at radius 3 is 2.59 bits per heavy atom. The van der Waals surface area contributed by atoms with E-state index in [0.717, 1.165) is 5.57 Å². The van der Waals surface area contributed by atoms with Crippen molar-refractivity contribution in [1.29, 1.82) is 5.41 Å². The van der Waals surface area contributed by atoms with Crippen molar-refractivity contribution in [3.05, 3.63) is 11.3 Å². The number of carbonyl (C=O) groups excluding carboxylic acids is 1. The Balaban J connectivity index is 2.72. The maximum atomic E-state index is 11.9. The Morgan fingerprint density at radius 1 is 1.53 bits per heavy atom. The van der Waals surface area contributed by atoms with Gasteiger partial charge in [0, 0.05) is 24.2 Å². The van der Waals surface area contributed by atoms with Gasteiger partial charge in [0.2, 0.25) is 0 Å². The number of rotatable bonds is 1. The fourth-order valence-electron chi connectivity index (χ4n) is 1.47. The van der Waals surface area contributed by atoms with E-state index in [1.54, 1.807) is 4.90 Å². The zero-order valence-corrected chi connectivity index (χ0v) is 12.5. The van der Waals surface area contributed by atoms with Crippen LogP contribution in [-0.4, -0.2) is 33.4 Å². The van der Waals surface area contributed by atoms with Crippen LogP contribution in [0.2, 0.25) is 0 Å². The van der Waals surface area contributed by atoms with Gasteiger partial charge < -0.3 is 15.4 Å². The van der Waals surface area contributed by atoms with Crippen LogP contribution >= 0.6 is 22.6 Å². The van der Waals surface area contributed by atoms with Gasteiger partial charge in [0.1, 0.15) is 5.60 Å². The normalized spacial score (nSPS) is 17.1. The summed E-state index contributed by atoms with van der Waals surface area (Å²) in [6.45, 7) is 6.41. The first-order valence-electron chi connectivity index (χ1n) is 5.40. The number of carbonyl (C=O) groups is 1. The molecule has 0 radical (unpaired) electrons. The summed E-state index contributed by atoms with van der Waals surface area (Å²) >= 11 is 1.91. The van der Waals surface area contributed by atoms with Crippen LogP contribution in [0.3, 0.4) is 0 Å². The quantitative estimate of drug-likeness (QED) is 0.562. The largest absolute Gasteiger partial charge is 0.444 e. The summed E-state index contributed by atoms with van der Waals surface area (Å²) in [5, 5.41) is 7.60. The molecule has 96 valence electrons. The number of hydrogen-bond acceptors (Lipinski definition) is 4. The highest BCUT2D eigenvalue weighted by Gasteiger charge is 2.27. The van der Waals surface area contributed by atoms with Crippen molar-refractivity contribution in [3.8, 4) is 0 Å². The van der Waals surface area contributed by atoms with Gasteiger partial charge in [-0.1, -0.05) is 0 Å². The molecule has 0 atom stereocenters. The third-order valence-corrected chi connectivity index (χ3v) is 2.96. The van der Waals surface area contributed by atoms with Gasteiger partial charge in [0.25, 0.3) is 0 Å². The van der Waals surface area contributed by atoms with Gasteiger partial charge in [0.15, 0.2) is 0 Å². The molecule has 1 rings (SSSR count). The molecule has 0 spiro atoms. The molecule has 0 saturated carbocycles. The average molecular weight is 351 g/mol. The Morgan fingerprint density at radius 2 is 2.12 bits per heavy atom. The van der Waals surface area contributed by atoms with E-state index < -0.39 is 5.60 Å². The Labute approximate surface area is 115 Å². The van der Waals surface area contributed by atoms with E-state index in [4.69, 9.17) is 15.9 Å². The lowest BCUT2D eigenvalue weighted by Crippen LogP contribution is -2.42. The molecule has 0 bridgehead atoms. The molecule has 6 heteroatoms. The molecular weight excluding hydrogens is 333 g/mol. The number of amides is 1. The fraction of sp³-hybridized carbons (Fsp3) is 0.636. The van der Waals surface area contributed by atoms with Crippen LogP contribution in [0.5, 0.6) is 0 Å². The molecule has 0 aromatic rings. The number of halogens is 1. The predicted molar refractivity (Wildman–Crippen MR) is 75.4 cm³/mol. The highest BCUT2D eigenvalue weighted by atomic mass is 127. The monoisotopic (exact) mass is 351 g/mol. The molecule has 17 heavy (non-hydrogen) atoms. The maximum absolute atomic E-state index is 11.9. The molecular formula is C11H18IN3O2. The SMILES string of the molecule is CC(C)(C)OC(=O)N1CCC(N)=C(C(=N)I)C1. The standard InChI is InChI=1S/C11H18IN3O2/c1-11(2,3)17-10(16)15-5-4-8(13)7(6-15)9(12)14/h14H,4-6,13H2,1-3H3. The highest BCUT2D eigenvalue weighted by molar-refractivity contribution is 14.1. The van der Waals surface area contributed by atoms with Gasteiger partial charge in [-0.3, -0.25) is 5.41 Å². The summed E-state index contributed by atoms with van der Waals surface area (Å²) in [6.07, 6.45) is 0.250. The van der Waals surface area contributed by atoms with E-state index in [2.05, 4.69) is 0 Å². The van der Waals surface area contributed by atoms with E-state index in [9.17, 15) is 4.79 Å². The predicted octanol–water partition coefficient (Wildman–Crippen LogP) is 2.25. The van der Waals surface area contributed by atoms with Crippen molar-refractivity contribution in [2.45, 2.75) is 32.8 Å². The Hall–Kier alpha value is -0.790. The minimum Gasteiger partial charge on any atom is -0.444 e. The number of ether oxygens (including phenoxy) is 1. The summed E-state index contributed by atoms with van der Waals surface area (Å²) in [5.74, 6) is 0. The molecule has 0 aromatic heterocycles. The van der Waals surface area contributed by atoms with Crippen LogP contribution < -0.4 is 5.73 Å². The van der Waals surface area contributed by atoms with E-state index >= 15 is 0 Å². The zero-order chi connectivity index (χ0) is 13.2. The van der Waals surface area contributed by atoms with E-state index in [1.165, 1.54) is 0 Å². The first-order chi connectivity index (χ1) is 7.70. The summed E-state index contributed by atoms with van der Waals surface area (Å²) in [7, 11) is 0. The minimum absolute atomic E-state index is 0.347. The molecule has 1 heterocycles. The molecule has 3 N–H and O–H groups in total. The van der Waals surface area contributed by atoms with Gasteiger partial charge in [-0.2, -0.15) is 0 Å². The number of nitrogens with two attached hydrogens (primary N) is 1. The van der Waals surface area contributed by atoms with Gasteiger partial charge in [0.05, 0.1) is 10.3 Å². The lowest BCUT2D eigenvalue weighted by molar-refractivity contribution is 0.0263. The third-order valence-electron chi connectivity index (χ3n) is 2.30. The van der Waals surface area contributed by atoms with Crippen molar-refractivity contribution in [1.82, 2.24) is 4.90 Å². The van der Waals surface area contributed by atoms with Crippen molar-refractivity contribution in [3.63, 3.8) is 0 Å². The van der Waals surface area contributed by atoms with Crippen LogP contribution in [0, 0.1) is 5.41 Å². The molecule has 1 aliphatic rings. The number of hydrogen-bond donors (Lipinski definition) is 2. The summed E-state index contributed by atoms with van der Waals surface area (Å²) in [4.78, 5) is 13.4. The van der Waals surface area contributed by atoms with Gasteiger partial charge in [-0.15, -0.1) is 0 Å².